The van der Waals surface area contributed by atoms with E-state index in [-0.39, 0.29) is 11.2 Å². The van der Waals surface area contributed by atoms with E-state index in [0.29, 0.717) is 11.6 Å². The van der Waals surface area contributed by atoms with Crippen LogP contribution < -0.4 is 4.90 Å². The van der Waals surface area contributed by atoms with Crippen LogP contribution in [-0.4, -0.2) is 56.1 Å². The van der Waals surface area contributed by atoms with Gasteiger partial charge < -0.3 is 9.64 Å². The first kappa shape index (κ1) is 20.7. The highest BCUT2D eigenvalue weighted by atomic mass is 16.5. The number of anilines is 1. The minimum absolute atomic E-state index is 0.132. The fourth-order valence-corrected chi connectivity index (χ4v) is 6.09. The molecule has 33 heavy (non-hydrogen) atoms. The van der Waals surface area contributed by atoms with Crippen LogP contribution in [0, 0.1) is 18.3 Å². The second-order valence-electron chi connectivity index (χ2n) is 10.4. The molecular weight excluding hydrogens is 410 g/mol. The van der Waals surface area contributed by atoms with Crippen molar-refractivity contribution in [2.75, 3.05) is 44.3 Å². The number of fused-ring (bicyclic) bond motifs is 3. The fourth-order valence-electron chi connectivity index (χ4n) is 6.09. The summed E-state index contributed by atoms with van der Waals surface area (Å²) in [5.74, 6) is 0.132. The predicted octanol–water partition coefficient (Wildman–Crippen LogP) is 3.87. The molecule has 2 aliphatic carbocycles. The number of aryl methyl sites for hydroxylation is 1. The largest absolute Gasteiger partial charge is 0.378 e. The highest BCUT2D eigenvalue weighted by Crippen LogP contribution is 2.51. The summed E-state index contributed by atoms with van der Waals surface area (Å²) in [5, 5.41) is 9.33. The molecule has 0 amide bonds. The van der Waals surface area contributed by atoms with Crippen LogP contribution in [0.15, 0.2) is 35.9 Å². The van der Waals surface area contributed by atoms with Crippen LogP contribution in [0.5, 0.6) is 0 Å². The van der Waals surface area contributed by atoms with Crippen molar-refractivity contribution in [3.05, 3.63) is 69.3 Å². The van der Waals surface area contributed by atoms with Gasteiger partial charge in [0.05, 0.1) is 30.9 Å². The Hall–Kier alpha value is -2.94. The van der Waals surface area contributed by atoms with Crippen LogP contribution in [0.2, 0.25) is 0 Å². The Morgan fingerprint density at radius 3 is 2.48 bits per heavy atom. The number of carbonyl (C=O) groups is 1. The first-order valence-electron chi connectivity index (χ1n) is 11.9. The van der Waals surface area contributed by atoms with Crippen LogP contribution in [0.25, 0.3) is 5.57 Å². The smallest absolute Gasteiger partial charge is 0.193 e. The highest BCUT2D eigenvalue weighted by molar-refractivity contribution is 6.33. The Morgan fingerprint density at radius 1 is 1.06 bits per heavy atom. The summed E-state index contributed by atoms with van der Waals surface area (Å²) in [6, 6.07) is 13.0. The van der Waals surface area contributed by atoms with E-state index >= 15 is 0 Å². The molecule has 2 saturated heterocycles. The topological polar surface area (TPSA) is 56.6 Å². The van der Waals surface area contributed by atoms with Crippen LogP contribution in [0.1, 0.15) is 52.0 Å². The van der Waals surface area contributed by atoms with Gasteiger partial charge >= 0.3 is 0 Å². The first-order chi connectivity index (χ1) is 15.9. The molecule has 5 nitrogen and oxygen atoms in total. The molecule has 0 bridgehead atoms. The van der Waals surface area contributed by atoms with E-state index in [0.717, 1.165) is 73.6 Å². The number of rotatable bonds is 2. The number of benzene rings is 2. The maximum absolute atomic E-state index is 13.7. The molecule has 2 aromatic rings. The van der Waals surface area contributed by atoms with Gasteiger partial charge in [-0.25, -0.2) is 0 Å². The van der Waals surface area contributed by atoms with Crippen LogP contribution >= 0.6 is 0 Å². The maximum Gasteiger partial charge on any atom is 0.193 e. The number of ether oxygens (including phenoxy) is 1. The molecule has 0 radical (unpaired) electrons. The van der Waals surface area contributed by atoms with Crippen LogP contribution in [-0.2, 0) is 16.6 Å². The van der Waals surface area contributed by atoms with E-state index in [2.05, 4.69) is 48.8 Å². The van der Waals surface area contributed by atoms with Gasteiger partial charge in [-0.05, 0) is 65.4 Å². The molecule has 0 spiro atoms. The van der Waals surface area contributed by atoms with Gasteiger partial charge in [0.25, 0.3) is 0 Å². The average molecular weight is 440 g/mol. The van der Waals surface area contributed by atoms with E-state index in [1.54, 1.807) is 0 Å². The summed E-state index contributed by atoms with van der Waals surface area (Å²) in [5.41, 5.74) is 8.96. The number of ketones is 1. The minimum atomic E-state index is -0.238. The molecule has 0 aromatic heterocycles. The molecular formula is C28H29N3O2. The van der Waals surface area contributed by atoms with Crippen molar-refractivity contribution in [2.24, 2.45) is 0 Å². The number of allylic oxidation sites excluding steroid dienone is 2. The number of piperazine rings is 1. The normalized spacial score (nSPS) is 21.9. The molecule has 0 atom stereocenters. The number of nitrogens with zero attached hydrogens (tertiary/aromatic N) is 3. The molecule has 2 aliphatic heterocycles. The standard InChI is InChI=1S/C28H29N3O2/c1-17-10-22-23(13-25(17)31-8-6-30(7-9-31)20-15-33-16-20)28(2,3)24-12-19-11-18(14-29)4-5-21(19)26(24)27(22)32/h4-5,10-11,13,20H,6-9,12,15-16H2,1-3H3. The molecule has 2 fully saturated rings. The van der Waals surface area contributed by atoms with Gasteiger partial charge in [0.2, 0.25) is 0 Å². The van der Waals surface area contributed by atoms with Gasteiger partial charge in [0.15, 0.2) is 5.78 Å². The lowest BCUT2D eigenvalue weighted by Gasteiger charge is -2.44. The average Bonchev–Trinajstić information content (AvgIpc) is 3.17. The Morgan fingerprint density at radius 2 is 1.82 bits per heavy atom. The van der Waals surface area contributed by atoms with Gasteiger partial charge in [-0.2, -0.15) is 5.26 Å². The van der Waals surface area contributed by atoms with E-state index in [4.69, 9.17) is 4.74 Å². The minimum Gasteiger partial charge on any atom is -0.378 e. The molecule has 6 rings (SSSR count). The third-order valence-corrected chi connectivity index (χ3v) is 8.20. The Kier molecular flexibility index (Phi) is 4.56. The number of Topliss-reactive ketones (excluding diaryl/α,β-unsaturated/α-hetero) is 1. The van der Waals surface area contributed by atoms with Crippen molar-refractivity contribution < 1.29 is 9.53 Å². The lowest BCUT2D eigenvalue weighted by atomic mass is 9.68. The molecule has 5 heteroatoms. The van der Waals surface area contributed by atoms with E-state index < -0.39 is 0 Å². The molecule has 4 aliphatic rings. The van der Waals surface area contributed by atoms with Crippen LogP contribution in [0.3, 0.4) is 0 Å². The van der Waals surface area contributed by atoms with Gasteiger partial charge in [0, 0.05) is 48.4 Å². The van der Waals surface area contributed by atoms with Crippen molar-refractivity contribution in [2.45, 2.75) is 38.6 Å². The van der Waals surface area contributed by atoms with Gasteiger partial charge in [-0.1, -0.05) is 19.9 Å². The Bertz CT molecular complexity index is 1250. The molecule has 168 valence electrons. The van der Waals surface area contributed by atoms with Crippen molar-refractivity contribution in [3.8, 4) is 6.07 Å². The lowest BCUT2D eigenvalue weighted by Crippen LogP contribution is -2.56. The zero-order chi connectivity index (χ0) is 22.9. The lowest BCUT2D eigenvalue weighted by molar-refractivity contribution is -0.0660. The second kappa shape index (κ2) is 7.28. The predicted molar refractivity (Wildman–Crippen MR) is 129 cm³/mol. The van der Waals surface area contributed by atoms with Crippen molar-refractivity contribution in [1.82, 2.24) is 4.90 Å². The van der Waals surface area contributed by atoms with E-state index in [9.17, 15) is 10.1 Å². The molecule has 2 aromatic carbocycles. The second-order valence-corrected chi connectivity index (χ2v) is 10.4. The quantitative estimate of drug-likeness (QED) is 0.711. The maximum atomic E-state index is 13.7. The zero-order valence-corrected chi connectivity index (χ0v) is 19.6. The van der Waals surface area contributed by atoms with Crippen molar-refractivity contribution in [1.29, 1.82) is 5.26 Å². The third kappa shape index (κ3) is 3.01. The SMILES string of the molecule is Cc1cc2c(cc1N1CCN(C3COC3)CC1)C(C)(C)C1=C(C2=O)c2ccc(C#N)cc2C1. The first-order valence-corrected chi connectivity index (χ1v) is 11.9. The molecule has 0 saturated carbocycles. The zero-order valence-electron chi connectivity index (χ0n) is 19.6. The fraction of sp³-hybridized carbons (Fsp3) is 0.429. The molecule has 0 N–H and O–H groups in total. The van der Waals surface area contributed by atoms with Gasteiger partial charge in [-0.15, -0.1) is 0 Å². The van der Waals surface area contributed by atoms with E-state index in [1.165, 1.54) is 16.8 Å². The summed E-state index contributed by atoms with van der Waals surface area (Å²) in [4.78, 5) is 18.8. The summed E-state index contributed by atoms with van der Waals surface area (Å²) < 4.78 is 5.38. The molecule has 0 unspecified atom stereocenters. The Labute approximate surface area is 195 Å². The van der Waals surface area contributed by atoms with Gasteiger partial charge in [0.1, 0.15) is 0 Å². The number of hydrogen-bond acceptors (Lipinski definition) is 5. The number of carbonyl (C=O) groups excluding carboxylic acids is 1. The highest BCUT2D eigenvalue weighted by Gasteiger charge is 2.43. The number of nitriles is 1. The van der Waals surface area contributed by atoms with Gasteiger partial charge in [-0.3, -0.25) is 9.69 Å². The monoisotopic (exact) mass is 439 g/mol. The number of hydrogen-bond donors (Lipinski definition) is 0. The summed E-state index contributed by atoms with van der Waals surface area (Å²) in [6.07, 6.45) is 0.740. The third-order valence-electron chi connectivity index (χ3n) is 8.20. The summed E-state index contributed by atoms with van der Waals surface area (Å²) in [7, 11) is 0. The van der Waals surface area contributed by atoms with E-state index in [1.807, 2.05) is 18.2 Å². The summed E-state index contributed by atoms with van der Waals surface area (Å²) in [6.45, 7) is 12.5. The summed E-state index contributed by atoms with van der Waals surface area (Å²) >= 11 is 0. The Balaban J connectivity index is 1.36. The van der Waals surface area contributed by atoms with Crippen LogP contribution in [0.4, 0.5) is 5.69 Å². The van der Waals surface area contributed by atoms with Crippen molar-refractivity contribution >= 4 is 17.0 Å². The van der Waals surface area contributed by atoms with Crippen molar-refractivity contribution in [3.63, 3.8) is 0 Å². The molecule has 2 heterocycles.